The summed E-state index contributed by atoms with van der Waals surface area (Å²) in [4.78, 5) is 25.2. The third-order valence-corrected chi connectivity index (χ3v) is 4.95. The van der Waals surface area contributed by atoms with Crippen molar-refractivity contribution in [2.75, 3.05) is 5.01 Å². The summed E-state index contributed by atoms with van der Waals surface area (Å²) in [6, 6.07) is 15.1. The molecule has 0 unspecified atom stereocenters. The van der Waals surface area contributed by atoms with Crippen LogP contribution in [0.3, 0.4) is 0 Å². The summed E-state index contributed by atoms with van der Waals surface area (Å²) in [5, 5.41) is 13.6. The molecule has 0 N–H and O–H groups in total. The lowest BCUT2D eigenvalue weighted by Gasteiger charge is -2.24. The number of aromatic nitrogens is 2. The molecule has 0 bridgehead atoms. The number of benzene rings is 2. The molecule has 1 aliphatic heterocycles. The number of hydrogen-bond donors (Lipinski definition) is 0. The van der Waals surface area contributed by atoms with Crippen LogP contribution in [0.5, 0.6) is 0 Å². The van der Waals surface area contributed by atoms with Crippen molar-refractivity contribution in [3.63, 3.8) is 0 Å². The van der Waals surface area contributed by atoms with E-state index in [1.54, 1.807) is 6.92 Å². The molecular formula is C23H22N4O4. The fraction of sp³-hybridized carbons (Fsp3) is 0.261. The van der Waals surface area contributed by atoms with Gasteiger partial charge in [-0.05, 0) is 50.1 Å². The van der Waals surface area contributed by atoms with E-state index >= 15 is 0 Å². The van der Waals surface area contributed by atoms with Gasteiger partial charge in [0.15, 0.2) is 6.10 Å². The number of anilines is 1. The second-order valence-corrected chi connectivity index (χ2v) is 7.40. The standard InChI is InChI=1S/C23H22N4O4/c1-14-9-10-15(2)19(13-14)27-20(28)12-11-18(26-27)23(29)30-16(3)21-24-25-22(31-21)17-7-5-4-6-8-17/h4-10,13,16H,11-12H2,1-3H3/t16-/m0/s1. The molecule has 3 aromatic rings. The molecular weight excluding hydrogens is 396 g/mol. The highest BCUT2D eigenvalue weighted by atomic mass is 16.6. The van der Waals surface area contributed by atoms with Crippen molar-refractivity contribution in [3.8, 4) is 11.5 Å². The van der Waals surface area contributed by atoms with Crippen LogP contribution in [0.2, 0.25) is 0 Å². The molecule has 1 aliphatic rings. The lowest BCUT2D eigenvalue weighted by molar-refractivity contribution is -0.141. The van der Waals surface area contributed by atoms with Crippen molar-refractivity contribution in [1.29, 1.82) is 0 Å². The van der Waals surface area contributed by atoms with E-state index in [1.807, 2.05) is 62.4 Å². The molecule has 2 aromatic carbocycles. The Kier molecular flexibility index (Phi) is 5.62. The fourth-order valence-corrected chi connectivity index (χ4v) is 3.21. The van der Waals surface area contributed by atoms with Crippen LogP contribution in [-0.2, 0) is 14.3 Å². The Morgan fingerprint density at radius 3 is 2.65 bits per heavy atom. The Balaban J connectivity index is 1.51. The minimum atomic E-state index is -0.757. The summed E-state index contributed by atoms with van der Waals surface area (Å²) in [6.07, 6.45) is -0.369. The van der Waals surface area contributed by atoms with Crippen LogP contribution in [0, 0.1) is 13.8 Å². The smallest absolute Gasteiger partial charge is 0.355 e. The number of hydrogen-bond acceptors (Lipinski definition) is 7. The third-order valence-electron chi connectivity index (χ3n) is 4.95. The van der Waals surface area contributed by atoms with E-state index in [4.69, 9.17) is 9.15 Å². The number of nitrogens with zero attached hydrogens (tertiary/aromatic N) is 4. The Morgan fingerprint density at radius 2 is 1.87 bits per heavy atom. The predicted octanol–water partition coefficient (Wildman–Crippen LogP) is 4.14. The molecule has 1 amide bonds. The molecule has 8 heteroatoms. The van der Waals surface area contributed by atoms with Crippen molar-refractivity contribution in [1.82, 2.24) is 10.2 Å². The van der Waals surface area contributed by atoms with Gasteiger partial charge < -0.3 is 9.15 Å². The van der Waals surface area contributed by atoms with Crippen molar-refractivity contribution in [3.05, 3.63) is 65.5 Å². The molecule has 158 valence electrons. The first-order chi connectivity index (χ1) is 14.9. The Bertz CT molecular complexity index is 1150. The van der Waals surface area contributed by atoms with Crippen molar-refractivity contribution >= 4 is 23.3 Å². The van der Waals surface area contributed by atoms with Gasteiger partial charge in [-0.15, -0.1) is 10.2 Å². The fourth-order valence-electron chi connectivity index (χ4n) is 3.21. The number of carbonyl (C=O) groups is 2. The Labute approximate surface area is 179 Å². The van der Waals surface area contributed by atoms with Crippen LogP contribution in [0.15, 0.2) is 58.0 Å². The van der Waals surface area contributed by atoms with Crippen LogP contribution in [-0.4, -0.2) is 27.8 Å². The number of amides is 1. The van der Waals surface area contributed by atoms with Crippen molar-refractivity contribution in [2.24, 2.45) is 5.10 Å². The third kappa shape index (κ3) is 4.37. The number of carbonyl (C=O) groups excluding carboxylic acids is 2. The van der Waals surface area contributed by atoms with Gasteiger partial charge in [-0.1, -0.05) is 30.3 Å². The second kappa shape index (κ2) is 8.51. The normalized spacial score (nSPS) is 14.9. The minimum Gasteiger partial charge on any atom is -0.448 e. The summed E-state index contributed by atoms with van der Waals surface area (Å²) >= 11 is 0. The SMILES string of the molecule is Cc1ccc(C)c(N2N=C(C(=O)O[C@@H](C)c3nnc(-c4ccccc4)o3)CCC2=O)c1. The quantitative estimate of drug-likeness (QED) is 0.578. The van der Waals surface area contributed by atoms with Gasteiger partial charge >= 0.3 is 5.97 Å². The van der Waals surface area contributed by atoms with Crippen LogP contribution < -0.4 is 5.01 Å². The summed E-state index contributed by atoms with van der Waals surface area (Å²) < 4.78 is 11.1. The maximum atomic E-state index is 12.7. The minimum absolute atomic E-state index is 0.164. The molecule has 0 radical (unpaired) electrons. The Hall–Kier alpha value is -3.81. The van der Waals surface area contributed by atoms with E-state index in [0.29, 0.717) is 11.6 Å². The molecule has 1 atom stereocenters. The summed E-state index contributed by atoms with van der Waals surface area (Å²) in [5.74, 6) is -0.247. The van der Waals surface area contributed by atoms with E-state index in [1.165, 1.54) is 5.01 Å². The second-order valence-electron chi connectivity index (χ2n) is 7.40. The van der Waals surface area contributed by atoms with E-state index < -0.39 is 12.1 Å². The van der Waals surface area contributed by atoms with Gasteiger partial charge in [0, 0.05) is 18.4 Å². The van der Waals surface area contributed by atoms with Gasteiger partial charge in [-0.25, -0.2) is 4.79 Å². The van der Waals surface area contributed by atoms with Crippen LogP contribution in [0.1, 0.15) is 42.9 Å². The summed E-state index contributed by atoms with van der Waals surface area (Å²) in [6.45, 7) is 5.48. The molecule has 0 aliphatic carbocycles. The molecule has 1 aromatic heterocycles. The largest absolute Gasteiger partial charge is 0.448 e. The van der Waals surface area contributed by atoms with Gasteiger partial charge in [0.2, 0.25) is 11.8 Å². The zero-order valence-electron chi connectivity index (χ0n) is 17.5. The number of hydrazone groups is 1. The van der Waals surface area contributed by atoms with Gasteiger partial charge in [0.25, 0.3) is 5.89 Å². The van der Waals surface area contributed by atoms with E-state index in [9.17, 15) is 9.59 Å². The Morgan fingerprint density at radius 1 is 1.10 bits per heavy atom. The monoisotopic (exact) mass is 418 g/mol. The molecule has 4 rings (SSSR count). The predicted molar refractivity (Wildman–Crippen MR) is 114 cm³/mol. The van der Waals surface area contributed by atoms with Gasteiger partial charge in [0.05, 0.1) is 5.69 Å². The van der Waals surface area contributed by atoms with Crippen LogP contribution >= 0.6 is 0 Å². The molecule has 31 heavy (non-hydrogen) atoms. The highest BCUT2D eigenvalue weighted by Gasteiger charge is 2.29. The summed E-state index contributed by atoms with van der Waals surface area (Å²) in [7, 11) is 0. The molecule has 2 heterocycles. The zero-order chi connectivity index (χ0) is 22.0. The van der Waals surface area contributed by atoms with E-state index in [0.717, 1.165) is 16.7 Å². The van der Waals surface area contributed by atoms with E-state index in [2.05, 4.69) is 15.3 Å². The number of ether oxygens (including phenoxy) is 1. The molecule has 0 spiro atoms. The first kappa shape index (κ1) is 20.5. The average molecular weight is 418 g/mol. The topological polar surface area (TPSA) is 97.9 Å². The highest BCUT2D eigenvalue weighted by Crippen LogP contribution is 2.27. The molecule has 8 nitrogen and oxygen atoms in total. The summed E-state index contributed by atoms with van der Waals surface area (Å²) in [5.41, 5.74) is 3.50. The lowest BCUT2D eigenvalue weighted by atomic mass is 10.1. The van der Waals surface area contributed by atoms with Crippen LogP contribution in [0.4, 0.5) is 5.69 Å². The molecule has 0 saturated heterocycles. The lowest BCUT2D eigenvalue weighted by Crippen LogP contribution is -2.35. The van der Waals surface area contributed by atoms with E-state index in [-0.39, 0.29) is 30.4 Å². The van der Waals surface area contributed by atoms with Gasteiger partial charge in [-0.3, -0.25) is 4.79 Å². The first-order valence-electron chi connectivity index (χ1n) is 10.00. The van der Waals surface area contributed by atoms with Gasteiger partial charge in [-0.2, -0.15) is 10.1 Å². The van der Waals surface area contributed by atoms with Crippen LogP contribution in [0.25, 0.3) is 11.5 Å². The van der Waals surface area contributed by atoms with Crippen molar-refractivity contribution in [2.45, 2.75) is 39.7 Å². The first-order valence-corrected chi connectivity index (χ1v) is 10.00. The maximum absolute atomic E-state index is 12.7. The maximum Gasteiger partial charge on any atom is 0.355 e. The number of esters is 1. The highest BCUT2D eigenvalue weighted by molar-refractivity contribution is 6.38. The van der Waals surface area contributed by atoms with Gasteiger partial charge in [0.1, 0.15) is 5.71 Å². The zero-order valence-corrected chi connectivity index (χ0v) is 17.5. The molecule has 0 fully saturated rings. The number of rotatable bonds is 5. The molecule has 0 saturated carbocycles. The number of aryl methyl sites for hydroxylation is 2. The average Bonchev–Trinajstić information content (AvgIpc) is 3.27. The van der Waals surface area contributed by atoms with Crippen molar-refractivity contribution < 1.29 is 18.7 Å².